The topological polar surface area (TPSA) is 72.8 Å². The molecule has 0 radical (unpaired) electrons. The second-order valence-electron chi connectivity index (χ2n) is 3.56. The second-order valence-corrected chi connectivity index (χ2v) is 3.56. The van der Waals surface area contributed by atoms with Crippen LogP contribution in [0.2, 0.25) is 0 Å². The molecule has 96 valence electrons. The largest absolute Gasteiger partial charge is 0.478 e. The van der Waals surface area contributed by atoms with Gasteiger partial charge in [0.2, 0.25) is 0 Å². The molecular weight excluding hydrogens is 224 g/mol. The van der Waals surface area contributed by atoms with E-state index in [1.54, 1.807) is 6.92 Å². The molecule has 0 spiro atoms. The first-order valence-electron chi connectivity index (χ1n) is 5.27. The Morgan fingerprint density at radius 1 is 1.59 bits per heavy atom. The molecule has 1 unspecified atom stereocenters. The van der Waals surface area contributed by atoms with E-state index < -0.39 is 5.97 Å². The van der Waals surface area contributed by atoms with Crippen LogP contribution in [-0.2, 0) is 19.1 Å². The molecule has 1 rings (SSSR count). The average molecular weight is 242 g/mol. The SMILES string of the molecule is C=C(C)C(=O)OCC1CCCO1.C=CC(=O)O. The van der Waals surface area contributed by atoms with E-state index in [0.717, 1.165) is 25.5 Å². The summed E-state index contributed by atoms with van der Waals surface area (Å²) in [7, 11) is 0. The van der Waals surface area contributed by atoms with Crippen molar-refractivity contribution >= 4 is 11.9 Å². The van der Waals surface area contributed by atoms with Gasteiger partial charge in [-0.05, 0) is 19.8 Å². The van der Waals surface area contributed by atoms with E-state index in [1.807, 2.05) is 0 Å². The minimum Gasteiger partial charge on any atom is -0.478 e. The van der Waals surface area contributed by atoms with E-state index in [4.69, 9.17) is 14.6 Å². The van der Waals surface area contributed by atoms with Crippen molar-refractivity contribution in [3.63, 3.8) is 0 Å². The van der Waals surface area contributed by atoms with E-state index in [0.29, 0.717) is 12.2 Å². The molecule has 1 heterocycles. The number of ether oxygens (including phenoxy) is 2. The van der Waals surface area contributed by atoms with Crippen molar-refractivity contribution in [2.75, 3.05) is 13.2 Å². The highest BCUT2D eigenvalue weighted by Gasteiger charge is 2.17. The van der Waals surface area contributed by atoms with Crippen molar-refractivity contribution in [1.29, 1.82) is 0 Å². The molecule has 1 N–H and O–H groups in total. The van der Waals surface area contributed by atoms with E-state index in [9.17, 15) is 9.59 Å². The smallest absolute Gasteiger partial charge is 0.333 e. The Bertz CT molecular complexity index is 289. The van der Waals surface area contributed by atoms with Gasteiger partial charge in [-0.15, -0.1) is 0 Å². The molecule has 0 amide bonds. The summed E-state index contributed by atoms with van der Waals surface area (Å²) >= 11 is 0. The fourth-order valence-corrected chi connectivity index (χ4v) is 1.07. The molecule has 1 saturated heterocycles. The van der Waals surface area contributed by atoms with Gasteiger partial charge in [0.05, 0.1) is 6.10 Å². The van der Waals surface area contributed by atoms with E-state index in [2.05, 4.69) is 13.2 Å². The van der Waals surface area contributed by atoms with Crippen LogP contribution in [0, 0.1) is 0 Å². The van der Waals surface area contributed by atoms with Crippen LogP contribution in [0.4, 0.5) is 0 Å². The van der Waals surface area contributed by atoms with Crippen LogP contribution in [0.5, 0.6) is 0 Å². The van der Waals surface area contributed by atoms with Crippen LogP contribution in [-0.4, -0.2) is 36.4 Å². The maximum absolute atomic E-state index is 10.9. The molecule has 1 aliphatic heterocycles. The van der Waals surface area contributed by atoms with Gasteiger partial charge in [-0.2, -0.15) is 0 Å². The summed E-state index contributed by atoms with van der Waals surface area (Å²) in [6.07, 6.45) is 2.99. The van der Waals surface area contributed by atoms with Crippen LogP contribution in [0.3, 0.4) is 0 Å². The predicted molar refractivity (Wildman–Crippen MR) is 62.6 cm³/mol. The summed E-state index contributed by atoms with van der Waals surface area (Å²) in [6.45, 7) is 9.24. The van der Waals surface area contributed by atoms with Gasteiger partial charge >= 0.3 is 11.9 Å². The summed E-state index contributed by atoms with van der Waals surface area (Å²) in [5.74, 6) is -1.31. The van der Waals surface area contributed by atoms with Crippen LogP contribution in [0.1, 0.15) is 19.8 Å². The number of carbonyl (C=O) groups is 2. The van der Waals surface area contributed by atoms with Gasteiger partial charge in [0.15, 0.2) is 0 Å². The number of carboxylic acid groups (broad SMARTS) is 1. The third-order valence-electron chi connectivity index (χ3n) is 1.95. The molecule has 0 aromatic carbocycles. The molecular formula is C12H18O5. The maximum Gasteiger partial charge on any atom is 0.333 e. The Morgan fingerprint density at radius 3 is 2.53 bits per heavy atom. The zero-order valence-corrected chi connectivity index (χ0v) is 9.98. The van der Waals surface area contributed by atoms with Gasteiger partial charge in [0.25, 0.3) is 0 Å². The predicted octanol–water partition coefficient (Wildman–Crippen LogP) is 1.54. The van der Waals surface area contributed by atoms with Crippen LogP contribution in [0.25, 0.3) is 0 Å². The van der Waals surface area contributed by atoms with Crippen molar-refractivity contribution in [3.05, 3.63) is 24.8 Å². The fraction of sp³-hybridized carbons (Fsp3) is 0.500. The van der Waals surface area contributed by atoms with Gasteiger partial charge in [-0.3, -0.25) is 0 Å². The van der Waals surface area contributed by atoms with Crippen molar-refractivity contribution in [2.45, 2.75) is 25.9 Å². The Morgan fingerprint density at radius 2 is 2.18 bits per heavy atom. The molecule has 0 saturated carbocycles. The van der Waals surface area contributed by atoms with Crippen LogP contribution in [0.15, 0.2) is 24.8 Å². The monoisotopic (exact) mass is 242 g/mol. The molecule has 1 fully saturated rings. The lowest BCUT2D eigenvalue weighted by atomic mass is 10.2. The van der Waals surface area contributed by atoms with Gasteiger partial charge in [0, 0.05) is 18.3 Å². The maximum atomic E-state index is 10.9. The first-order chi connectivity index (χ1) is 7.97. The highest BCUT2D eigenvalue weighted by molar-refractivity contribution is 5.86. The Balaban J connectivity index is 0.000000437. The fourth-order valence-electron chi connectivity index (χ4n) is 1.07. The first kappa shape index (κ1) is 15.4. The number of hydrogen-bond donors (Lipinski definition) is 1. The lowest BCUT2D eigenvalue weighted by Gasteiger charge is -2.09. The molecule has 5 heteroatoms. The van der Waals surface area contributed by atoms with E-state index >= 15 is 0 Å². The normalized spacial score (nSPS) is 17.6. The molecule has 5 nitrogen and oxygen atoms in total. The first-order valence-corrected chi connectivity index (χ1v) is 5.27. The summed E-state index contributed by atoms with van der Waals surface area (Å²) in [5, 5.41) is 7.60. The lowest BCUT2D eigenvalue weighted by molar-refractivity contribution is -0.142. The molecule has 0 aliphatic carbocycles. The number of carboxylic acids is 1. The molecule has 1 atom stereocenters. The molecule has 1 aliphatic rings. The van der Waals surface area contributed by atoms with Crippen molar-refractivity contribution in [1.82, 2.24) is 0 Å². The highest BCUT2D eigenvalue weighted by atomic mass is 16.6. The van der Waals surface area contributed by atoms with Crippen LogP contribution < -0.4 is 0 Å². The van der Waals surface area contributed by atoms with Gasteiger partial charge < -0.3 is 14.6 Å². The van der Waals surface area contributed by atoms with E-state index in [1.165, 1.54) is 0 Å². The van der Waals surface area contributed by atoms with Gasteiger partial charge in [-0.1, -0.05) is 13.2 Å². The highest BCUT2D eigenvalue weighted by Crippen LogP contribution is 2.12. The van der Waals surface area contributed by atoms with Gasteiger partial charge in [0.1, 0.15) is 6.61 Å². The molecule has 0 aromatic heterocycles. The van der Waals surface area contributed by atoms with Crippen molar-refractivity contribution in [2.24, 2.45) is 0 Å². The standard InChI is InChI=1S/C9H14O3.C3H4O2/c1-7(2)9(10)12-6-8-4-3-5-11-8;1-2-3(4)5/h8H,1,3-6H2,2H3;2H,1H2,(H,4,5). The number of hydrogen-bond acceptors (Lipinski definition) is 4. The summed E-state index contributed by atoms with van der Waals surface area (Å²) in [5.41, 5.74) is 0.438. The Labute approximate surface area is 101 Å². The third-order valence-corrected chi connectivity index (χ3v) is 1.95. The minimum absolute atomic E-state index is 0.105. The Kier molecular flexibility index (Phi) is 7.71. The number of esters is 1. The number of rotatable bonds is 4. The summed E-state index contributed by atoms with van der Waals surface area (Å²) in [4.78, 5) is 20.2. The van der Waals surface area contributed by atoms with E-state index in [-0.39, 0.29) is 12.1 Å². The lowest BCUT2D eigenvalue weighted by Crippen LogP contribution is -2.17. The zero-order chi connectivity index (χ0) is 13.3. The summed E-state index contributed by atoms with van der Waals surface area (Å²) < 4.78 is 10.2. The quantitative estimate of drug-likeness (QED) is 0.598. The average Bonchev–Trinajstić information content (AvgIpc) is 2.79. The summed E-state index contributed by atoms with van der Waals surface area (Å²) in [6, 6.07) is 0. The minimum atomic E-state index is -0.981. The third kappa shape index (κ3) is 8.21. The van der Waals surface area contributed by atoms with Gasteiger partial charge in [-0.25, -0.2) is 9.59 Å². The van der Waals surface area contributed by atoms with Crippen molar-refractivity contribution in [3.8, 4) is 0 Å². The molecule has 0 bridgehead atoms. The zero-order valence-electron chi connectivity index (χ0n) is 9.98. The van der Waals surface area contributed by atoms with Crippen molar-refractivity contribution < 1.29 is 24.2 Å². The molecule has 17 heavy (non-hydrogen) atoms. The number of carbonyl (C=O) groups excluding carboxylic acids is 1. The Hall–Kier alpha value is -1.62. The second kappa shape index (κ2) is 8.52. The van der Waals surface area contributed by atoms with Crippen LogP contribution >= 0.6 is 0 Å². The molecule has 0 aromatic rings. The number of aliphatic carboxylic acids is 1.